The number of aryl methyl sites for hydroxylation is 2. The van der Waals surface area contributed by atoms with Gasteiger partial charge in [-0.15, -0.1) is 0 Å². The van der Waals surface area contributed by atoms with E-state index >= 15 is 0 Å². The van der Waals surface area contributed by atoms with Crippen LogP contribution in [0.1, 0.15) is 37.5 Å². The predicted octanol–water partition coefficient (Wildman–Crippen LogP) is 4.95. The summed E-state index contributed by atoms with van der Waals surface area (Å²) in [5.74, 6) is -1.19. The van der Waals surface area contributed by atoms with Gasteiger partial charge in [0.2, 0.25) is 0 Å². The van der Waals surface area contributed by atoms with Crippen molar-refractivity contribution in [3.8, 4) is 11.1 Å². The Balaban J connectivity index is 1.71. The highest BCUT2D eigenvalue weighted by Gasteiger charge is 2.39. The molecule has 0 N–H and O–H groups in total. The number of esters is 1. The zero-order valence-electron chi connectivity index (χ0n) is 19.7. The van der Waals surface area contributed by atoms with Crippen LogP contribution >= 0.6 is 0 Å². The minimum absolute atomic E-state index is 0.0229. The summed E-state index contributed by atoms with van der Waals surface area (Å²) < 4.78 is 47.3. The van der Waals surface area contributed by atoms with E-state index in [2.05, 4.69) is 10.1 Å². The summed E-state index contributed by atoms with van der Waals surface area (Å²) in [4.78, 5) is 32.0. The largest absolute Gasteiger partial charge is 0.465 e. The first kappa shape index (κ1) is 23.5. The van der Waals surface area contributed by atoms with Crippen molar-refractivity contribution in [2.75, 3.05) is 18.6 Å². The minimum Gasteiger partial charge on any atom is -0.465 e. The highest BCUT2D eigenvalue weighted by atomic mass is 19.4. The van der Waals surface area contributed by atoms with Crippen molar-refractivity contribution < 1.29 is 27.5 Å². The summed E-state index contributed by atoms with van der Waals surface area (Å²) >= 11 is 0. The lowest BCUT2D eigenvalue weighted by Crippen LogP contribution is -2.38. The molecule has 184 valence electrons. The van der Waals surface area contributed by atoms with Gasteiger partial charge in [0, 0.05) is 47.9 Å². The molecule has 0 saturated heterocycles. The van der Waals surface area contributed by atoms with Gasteiger partial charge in [-0.3, -0.25) is 14.5 Å². The maximum absolute atomic E-state index is 13.8. The standard InChI is InChI=1S/C26H21F3N4O3/c1-14-4-5-15-11-30-12-22(18(15)8-14)33-7-6-17-19(21-13-32(2)31-23(21)26(27,28)29)9-16(25(35)36-3)10-20(17)24(33)34/h4-5,8-13H,6-7H2,1-3H3. The molecule has 1 amide bonds. The van der Waals surface area contributed by atoms with Crippen LogP contribution in [-0.2, 0) is 24.4 Å². The SMILES string of the molecule is COC(=O)c1cc2c(c(-c3cn(C)nc3C(F)(F)F)c1)CCN(c1cncc3ccc(C)cc13)C2=O. The smallest absolute Gasteiger partial charge is 0.435 e. The van der Waals surface area contributed by atoms with Crippen molar-refractivity contribution >= 4 is 28.3 Å². The van der Waals surface area contributed by atoms with Crippen LogP contribution in [0.15, 0.2) is 48.9 Å². The number of carbonyl (C=O) groups is 2. The van der Waals surface area contributed by atoms with E-state index in [-0.39, 0.29) is 35.2 Å². The van der Waals surface area contributed by atoms with Crippen molar-refractivity contribution in [3.63, 3.8) is 0 Å². The molecule has 0 spiro atoms. The lowest BCUT2D eigenvalue weighted by Gasteiger charge is -2.31. The van der Waals surface area contributed by atoms with Gasteiger partial charge in [0.05, 0.1) is 24.6 Å². The summed E-state index contributed by atoms with van der Waals surface area (Å²) in [6.07, 6.45) is 0.0930. The molecule has 0 fully saturated rings. The number of rotatable bonds is 3. The Kier molecular flexibility index (Phi) is 5.54. The van der Waals surface area contributed by atoms with Crippen LogP contribution in [0, 0.1) is 6.92 Å². The Bertz CT molecular complexity index is 1540. The van der Waals surface area contributed by atoms with E-state index in [1.807, 2.05) is 25.1 Å². The molecule has 2 aromatic carbocycles. The number of halogens is 3. The van der Waals surface area contributed by atoms with E-state index < -0.39 is 23.7 Å². The third-order valence-corrected chi connectivity index (χ3v) is 6.31. The number of pyridine rings is 1. The van der Waals surface area contributed by atoms with Gasteiger partial charge in [-0.05, 0) is 42.7 Å². The quantitative estimate of drug-likeness (QED) is 0.377. The number of alkyl halides is 3. The molecule has 0 bridgehead atoms. The number of methoxy groups -OCH3 is 1. The fourth-order valence-corrected chi connectivity index (χ4v) is 4.68. The number of aromatic nitrogens is 3. The van der Waals surface area contributed by atoms with Crippen molar-refractivity contribution in [3.05, 3.63) is 76.9 Å². The zero-order chi connectivity index (χ0) is 25.8. The Morgan fingerprint density at radius 3 is 2.56 bits per heavy atom. The first-order chi connectivity index (χ1) is 17.1. The predicted molar refractivity (Wildman–Crippen MR) is 127 cm³/mol. The molecular formula is C26H21F3N4O3. The number of benzene rings is 2. The van der Waals surface area contributed by atoms with Crippen LogP contribution in [0.3, 0.4) is 0 Å². The Labute approximate surface area is 204 Å². The van der Waals surface area contributed by atoms with Crippen LogP contribution in [0.5, 0.6) is 0 Å². The zero-order valence-corrected chi connectivity index (χ0v) is 19.7. The number of carbonyl (C=O) groups excluding carboxylic acids is 2. The van der Waals surface area contributed by atoms with E-state index in [0.29, 0.717) is 11.3 Å². The van der Waals surface area contributed by atoms with Crippen molar-refractivity contribution in [2.45, 2.75) is 19.5 Å². The second-order valence-corrected chi connectivity index (χ2v) is 8.69. The summed E-state index contributed by atoms with van der Waals surface area (Å²) in [6, 6.07) is 8.53. The fourth-order valence-electron chi connectivity index (χ4n) is 4.68. The molecule has 2 aromatic heterocycles. The molecule has 7 nitrogen and oxygen atoms in total. The highest BCUT2D eigenvalue weighted by Crippen LogP contribution is 2.41. The van der Waals surface area contributed by atoms with Crippen LogP contribution in [0.4, 0.5) is 18.9 Å². The molecule has 0 unspecified atom stereocenters. The maximum Gasteiger partial charge on any atom is 0.435 e. The van der Waals surface area contributed by atoms with Crippen molar-refractivity contribution in [1.82, 2.24) is 14.8 Å². The molecule has 4 aromatic rings. The molecule has 0 aliphatic carbocycles. The van der Waals surface area contributed by atoms with E-state index in [9.17, 15) is 22.8 Å². The number of fused-ring (bicyclic) bond motifs is 2. The van der Waals surface area contributed by atoms with Gasteiger partial charge in [-0.2, -0.15) is 18.3 Å². The number of hydrogen-bond donors (Lipinski definition) is 0. The van der Waals surface area contributed by atoms with Gasteiger partial charge in [-0.25, -0.2) is 4.79 Å². The summed E-state index contributed by atoms with van der Waals surface area (Å²) in [5, 5.41) is 5.28. The van der Waals surface area contributed by atoms with E-state index in [0.717, 1.165) is 21.0 Å². The molecule has 0 saturated carbocycles. The molecule has 0 radical (unpaired) electrons. The molecule has 0 atom stereocenters. The number of ether oxygens (including phenoxy) is 1. The second kappa shape index (κ2) is 8.47. The van der Waals surface area contributed by atoms with E-state index in [1.165, 1.54) is 32.5 Å². The summed E-state index contributed by atoms with van der Waals surface area (Å²) in [6.45, 7) is 2.17. The number of hydrogen-bond acceptors (Lipinski definition) is 5. The monoisotopic (exact) mass is 494 g/mol. The lowest BCUT2D eigenvalue weighted by molar-refractivity contribution is -0.140. The van der Waals surface area contributed by atoms with Gasteiger partial charge in [-0.1, -0.05) is 17.7 Å². The van der Waals surface area contributed by atoms with Crippen molar-refractivity contribution in [1.29, 1.82) is 0 Å². The summed E-state index contributed by atoms with van der Waals surface area (Å²) in [7, 11) is 2.56. The molecular weight excluding hydrogens is 473 g/mol. The van der Waals surface area contributed by atoms with Gasteiger partial charge in [0.1, 0.15) is 0 Å². The number of nitrogens with zero attached hydrogens (tertiary/aromatic N) is 4. The molecule has 1 aliphatic rings. The maximum atomic E-state index is 13.8. The first-order valence-corrected chi connectivity index (χ1v) is 11.1. The number of anilines is 1. The third-order valence-electron chi connectivity index (χ3n) is 6.31. The fraction of sp³-hybridized carbons (Fsp3) is 0.231. The van der Waals surface area contributed by atoms with E-state index in [4.69, 9.17) is 4.74 Å². The summed E-state index contributed by atoms with van der Waals surface area (Å²) in [5.41, 5.74) is 0.986. The topological polar surface area (TPSA) is 77.3 Å². The average Bonchev–Trinajstić information content (AvgIpc) is 3.25. The van der Waals surface area contributed by atoms with Crippen molar-refractivity contribution in [2.24, 2.45) is 7.05 Å². The van der Waals surface area contributed by atoms with Crippen LogP contribution in [0.25, 0.3) is 21.9 Å². The Morgan fingerprint density at radius 2 is 1.83 bits per heavy atom. The van der Waals surface area contributed by atoms with Gasteiger partial charge in [0.15, 0.2) is 5.69 Å². The molecule has 36 heavy (non-hydrogen) atoms. The third kappa shape index (κ3) is 3.88. The number of amides is 1. The van der Waals surface area contributed by atoms with Crippen LogP contribution < -0.4 is 4.90 Å². The normalized spacial score (nSPS) is 13.7. The van der Waals surface area contributed by atoms with E-state index in [1.54, 1.807) is 17.3 Å². The molecule has 10 heteroatoms. The lowest BCUT2D eigenvalue weighted by atomic mass is 9.88. The minimum atomic E-state index is -4.72. The second-order valence-electron chi connectivity index (χ2n) is 8.69. The van der Waals surface area contributed by atoms with Crippen LogP contribution in [-0.4, -0.2) is 40.3 Å². The highest BCUT2D eigenvalue weighted by molar-refractivity contribution is 6.14. The average molecular weight is 494 g/mol. The molecule has 3 heterocycles. The van der Waals surface area contributed by atoms with Gasteiger partial charge in [0.25, 0.3) is 5.91 Å². The Morgan fingerprint density at radius 1 is 1.08 bits per heavy atom. The molecule has 5 rings (SSSR count). The van der Waals surface area contributed by atoms with Crippen LogP contribution in [0.2, 0.25) is 0 Å². The van der Waals surface area contributed by atoms with Gasteiger partial charge >= 0.3 is 12.1 Å². The first-order valence-electron chi connectivity index (χ1n) is 11.1. The molecule has 1 aliphatic heterocycles. The Hall–Kier alpha value is -4.21. The van der Waals surface area contributed by atoms with Gasteiger partial charge < -0.3 is 9.64 Å².